The number of imide groups is 1. The van der Waals surface area contributed by atoms with E-state index in [1.54, 1.807) is 0 Å². The van der Waals surface area contributed by atoms with Gasteiger partial charge in [-0.05, 0) is 22.2 Å². The molecule has 2 aliphatic heterocycles. The second-order valence-electron chi connectivity index (χ2n) is 3.27. The van der Waals surface area contributed by atoms with E-state index < -0.39 is 5.54 Å². The highest BCUT2D eigenvalue weighted by Crippen LogP contribution is 2.44. The van der Waals surface area contributed by atoms with E-state index in [0.29, 0.717) is 12.8 Å². The standard InChI is InChI=1S/C6H9N2O2P/c7-6-1-3(2-6)4(9)8(11)5(6)10/h3H,1-2,7,11H2. The fourth-order valence-electron chi connectivity index (χ4n) is 1.71. The van der Waals surface area contributed by atoms with E-state index >= 15 is 0 Å². The third kappa shape index (κ3) is 0.713. The number of amides is 2. The quantitative estimate of drug-likeness (QED) is 0.386. The number of carbonyl (C=O) groups excluding carboxylic acids is 2. The molecule has 11 heavy (non-hydrogen) atoms. The zero-order valence-electron chi connectivity index (χ0n) is 5.91. The first-order valence-corrected chi connectivity index (χ1v) is 3.98. The van der Waals surface area contributed by atoms with Crippen molar-refractivity contribution in [2.75, 3.05) is 0 Å². The summed E-state index contributed by atoms with van der Waals surface area (Å²) in [6.07, 6.45) is 1.07. The molecule has 5 heteroatoms. The van der Waals surface area contributed by atoms with Gasteiger partial charge in [0.25, 0.3) is 5.91 Å². The predicted octanol–water partition coefficient (Wildman–Crippen LogP) is -0.747. The van der Waals surface area contributed by atoms with Gasteiger partial charge < -0.3 is 5.73 Å². The van der Waals surface area contributed by atoms with Crippen LogP contribution in [0.5, 0.6) is 0 Å². The van der Waals surface area contributed by atoms with Crippen LogP contribution in [0.25, 0.3) is 0 Å². The Hall–Kier alpha value is -0.470. The minimum Gasteiger partial charge on any atom is -0.317 e. The first-order chi connectivity index (χ1) is 5.04. The van der Waals surface area contributed by atoms with Gasteiger partial charge in [-0.2, -0.15) is 0 Å². The Morgan fingerprint density at radius 1 is 1.55 bits per heavy atom. The summed E-state index contributed by atoms with van der Waals surface area (Å²) in [5, 5.41) is 0. The van der Waals surface area contributed by atoms with Gasteiger partial charge >= 0.3 is 0 Å². The lowest BCUT2D eigenvalue weighted by molar-refractivity contribution is -0.159. The van der Waals surface area contributed by atoms with E-state index in [1.807, 2.05) is 0 Å². The van der Waals surface area contributed by atoms with Gasteiger partial charge in [0.1, 0.15) is 0 Å². The van der Waals surface area contributed by atoms with E-state index in [4.69, 9.17) is 5.73 Å². The van der Waals surface area contributed by atoms with Crippen molar-refractivity contribution >= 4 is 21.2 Å². The molecule has 3 rings (SSSR count). The van der Waals surface area contributed by atoms with E-state index in [1.165, 1.54) is 0 Å². The second-order valence-corrected chi connectivity index (χ2v) is 3.79. The van der Waals surface area contributed by atoms with Gasteiger partial charge in [-0.3, -0.25) is 14.3 Å². The topological polar surface area (TPSA) is 63.4 Å². The Morgan fingerprint density at radius 3 is 2.55 bits per heavy atom. The Kier molecular flexibility index (Phi) is 1.19. The minimum atomic E-state index is -0.722. The van der Waals surface area contributed by atoms with Crippen LogP contribution in [0.15, 0.2) is 0 Å². The van der Waals surface area contributed by atoms with Crippen LogP contribution >= 0.6 is 9.39 Å². The minimum absolute atomic E-state index is 0.00444. The number of piperidine rings is 2. The molecule has 0 aromatic carbocycles. The summed E-state index contributed by atoms with van der Waals surface area (Å²) in [5.41, 5.74) is 4.96. The van der Waals surface area contributed by atoms with E-state index in [2.05, 4.69) is 9.39 Å². The summed E-state index contributed by atoms with van der Waals surface area (Å²) >= 11 is 0. The largest absolute Gasteiger partial charge is 0.317 e. The molecule has 4 nitrogen and oxygen atoms in total. The predicted molar refractivity (Wildman–Crippen MR) is 41.2 cm³/mol. The van der Waals surface area contributed by atoms with Gasteiger partial charge in [-0.1, -0.05) is 0 Å². The maximum atomic E-state index is 11.3. The van der Waals surface area contributed by atoms with Crippen molar-refractivity contribution in [1.82, 2.24) is 4.67 Å². The molecule has 2 bridgehead atoms. The summed E-state index contributed by atoms with van der Waals surface area (Å²) in [7, 11) is 2.11. The molecule has 1 unspecified atom stereocenters. The average Bonchev–Trinajstić information content (AvgIpc) is 1.91. The average molecular weight is 172 g/mol. The lowest BCUT2D eigenvalue weighted by atomic mass is 9.65. The second kappa shape index (κ2) is 1.82. The first kappa shape index (κ1) is 7.19. The van der Waals surface area contributed by atoms with Crippen LogP contribution in [0.1, 0.15) is 12.8 Å². The van der Waals surface area contributed by atoms with Crippen LogP contribution < -0.4 is 5.73 Å². The highest BCUT2D eigenvalue weighted by Gasteiger charge is 2.57. The number of hydrogen-bond acceptors (Lipinski definition) is 3. The van der Waals surface area contributed by atoms with Gasteiger partial charge in [0, 0.05) is 5.92 Å². The molecular formula is C6H9N2O2P. The molecule has 1 saturated carbocycles. The van der Waals surface area contributed by atoms with Crippen molar-refractivity contribution in [2.45, 2.75) is 18.4 Å². The van der Waals surface area contributed by atoms with Crippen molar-refractivity contribution < 1.29 is 9.59 Å². The highest BCUT2D eigenvalue weighted by atomic mass is 31.0. The number of hydrogen-bond donors (Lipinski definition) is 1. The lowest BCUT2D eigenvalue weighted by Crippen LogP contribution is -2.69. The fraction of sp³-hybridized carbons (Fsp3) is 0.667. The maximum Gasteiger partial charge on any atom is 0.252 e. The van der Waals surface area contributed by atoms with E-state index in [0.717, 1.165) is 4.67 Å². The molecule has 2 saturated heterocycles. The number of carbonyl (C=O) groups is 2. The molecule has 3 fully saturated rings. The Morgan fingerprint density at radius 2 is 2.09 bits per heavy atom. The van der Waals surface area contributed by atoms with Gasteiger partial charge in [-0.15, -0.1) is 0 Å². The molecule has 0 spiro atoms. The molecule has 0 aromatic rings. The molecule has 3 aliphatic rings. The van der Waals surface area contributed by atoms with Crippen LogP contribution in [0.2, 0.25) is 0 Å². The molecule has 0 radical (unpaired) electrons. The smallest absolute Gasteiger partial charge is 0.252 e. The molecular weight excluding hydrogens is 163 g/mol. The van der Waals surface area contributed by atoms with Crippen LogP contribution in [0.4, 0.5) is 0 Å². The number of nitrogens with zero attached hydrogens (tertiary/aromatic N) is 1. The molecule has 2 amide bonds. The zero-order valence-corrected chi connectivity index (χ0v) is 7.06. The molecule has 1 atom stereocenters. The summed E-state index contributed by atoms with van der Waals surface area (Å²) in [6, 6.07) is 0. The normalized spacial score (nSPS) is 42.4. The first-order valence-electron chi connectivity index (χ1n) is 3.46. The van der Waals surface area contributed by atoms with Gasteiger partial charge in [0.2, 0.25) is 5.91 Å². The van der Waals surface area contributed by atoms with Crippen LogP contribution in [-0.4, -0.2) is 22.0 Å². The van der Waals surface area contributed by atoms with Gasteiger partial charge in [0.15, 0.2) is 0 Å². The molecule has 60 valence electrons. The fourth-order valence-corrected chi connectivity index (χ4v) is 2.17. The summed E-state index contributed by atoms with van der Waals surface area (Å²) in [5.74, 6) is -0.363. The number of nitrogens with two attached hydrogens (primary N) is 1. The van der Waals surface area contributed by atoms with Gasteiger partial charge in [-0.25, -0.2) is 0 Å². The van der Waals surface area contributed by atoms with E-state index in [-0.39, 0.29) is 17.7 Å². The van der Waals surface area contributed by atoms with Crippen LogP contribution in [-0.2, 0) is 9.59 Å². The van der Waals surface area contributed by atoms with E-state index in [9.17, 15) is 9.59 Å². The highest BCUT2D eigenvalue weighted by molar-refractivity contribution is 7.16. The lowest BCUT2D eigenvalue weighted by Gasteiger charge is -2.49. The Bertz CT molecular complexity index is 247. The molecule has 1 aliphatic carbocycles. The molecule has 2 heterocycles. The Labute approximate surface area is 66.4 Å². The summed E-state index contributed by atoms with van der Waals surface area (Å²) < 4.78 is 1.07. The third-order valence-corrected chi connectivity index (χ3v) is 2.94. The number of rotatable bonds is 0. The summed E-state index contributed by atoms with van der Waals surface area (Å²) in [4.78, 5) is 22.4. The third-order valence-electron chi connectivity index (χ3n) is 2.45. The van der Waals surface area contributed by atoms with Crippen molar-refractivity contribution in [2.24, 2.45) is 11.7 Å². The van der Waals surface area contributed by atoms with Gasteiger partial charge in [0.05, 0.1) is 5.54 Å². The number of fused-ring (bicyclic) bond motifs is 2. The SMILES string of the molecule is NC12CC(C1)C(=O)N(P)C2=O. The Balaban J connectivity index is 2.32. The zero-order chi connectivity index (χ0) is 8.22. The molecule has 0 aromatic heterocycles. The van der Waals surface area contributed by atoms with Crippen molar-refractivity contribution in [1.29, 1.82) is 0 Å². The maximum absolute atomic E-state index is 11.3. The molecule has 2 N–H and O–H groups in total. The van der Waals surface area contributed by atoms with Crippen molar-refractivity contribution in [3.8, 4) is 0 Å². The van der Waals surface area contributed by atoms with Crippen LogP contribution in [0.3, 0.4) is 0 Å². The monoisotopic (exact) mass is 172 g/mol. The van der Waals surface area contributed by atoms with Crippen molar-refractivity contribution in [3.63, 3.8) is 0 Å². The summed E-state index contributed by atoms with van der Waals surface area (Å²) in [6.45, 7) is 0. The van der Waals surface area contributed by atoms with Crippen LogP contribution in [0, 0.1) is 5.92 Å². The van der Waals surface area contributed by atoms with Crippen molar-refractivity contribution in [3.05, 3.63) is 0 Å².